The predicted octanol–water partition coefficient (Wildman–Crippen LogP) is 8.36. The van der Waals surface area contributed by atoms with Gasteiger partial charge in [0.2, 0.25) is 0 Å². The van der Waals surface area contributed by atoms with Gasteiger partial charge in [0.1, 0.15) is 17.3 Å². The quantitative estimate of drug-likeness (QED) is 0.317. The van der Waals surface area contributed by atoms with Crippen LogP contribution < -0.4 is 0 Å². The van der Waals surface area contributed by atoms with Gasteiger partial charge in [-0.1, -0.05) is 55.2 Å². The summed E-state index contributed by atoms with van der Waals surface area (Å²) < 4.78 is 30.9. The molecule has 1 aromatic heterocycles. The average molecular weight is 449 g/mol. The van der Waals surface area contributed by atoms with E-state index < -0.39 is 11.6 Å². The van der Waals surface area contributed by atoms with Crippen LogP contribution in [0.15, 0.2) is 60.7 Å². The Morgan fingerprint density at radius 1 is 1.03 bits per heavy atom. The Morgan fingerprint density at radius 3 is 2.42 bits per heavy atom. The molecule has 174 valence electrons. The van der Waals surface area contributed by atoms with Crippen LogP contribution in [0.25, 0.3) is 22.4 Å². The lowest BCUT2D eigenvalue weighted by molar-refractivity contribution is 0.234. The molecule has 1 aliphatic carbocycles. The third kappa shape index (κ3) is 5.61. The minimum Gasteiger partial charge on any atom is -0.268 e. The first-order valence-electron chi connectivity index (χ1n) is 12.1. The van der Waals surface area contributed by atoms with E-state index in [0.29, 0.717) is 17.2 Å². The van der Waals surface area contributed by atoms with Gasteiger partial charge in [-0.15, -0.1) is 6.58 Å². The highest BCUT2D eigenvalue weighted by Crippen LogP contribution is 2.38. The molecule has 1 fully saturated rings. The van der Waals surface area contributed by atoms with Crippen molar-refractivity contribution in [2.45, 2.75) is 65.3 Å². The Morgan fingerprint density at radius 2 is 1.73 bits per heavy atom. The summed E-state index contributed by atoms with van der Waals surface area (Å²) in [6.07, 6.45) is 8.58. The van der Waals surface area contributed by atoms with Crippen molar-refractivity contribution in [2.24, 2.45) is 11.8 Å². The van der Waals surface area contributed by atoms with Crippen molar-refractivity contribution in [2.75, 3.05) is 0 Å². The zero-order valence-electron chi connectivity index (χ0n) is 19.8. The van der Waals surface area contributed by atoms with Gasteiger partial charge in [-0.05, 0) is 69.6 Å². The fraction of sp³-hybridized carbons (Fsp3) is 0.414. The maximum atomic E-state index is 14.8. The molecule has 0 unspecified atom stereocenters. The molecule has 4 heteroatoms. The Labute approximate surface area is 196 Å². The summed E-state index contributed by atoms with van der Waals surface area (Å²) in [6, 6.07) is 13.4. The number of hydrogen-bond acceptors (Lipinski definition) is 1. The molecule has 1 saturated carbocycles. The van der Waals surface area contributed by atoms with Crippen LogP contribution in [0.4, 0.5) is 8.78 Å². The topological polar surface area (TPSA) is 17.8 Å². The maximum absolute atomic E-state index is 14.8. The minimum atomic E-state index is -0.442. The van der Waals surface area contributed by atoms with Gasteiger partial charge >= 0.3 is 0 Å². The lowest BCUT2D eigenvalue weighted by atomic mass is 9.79. The highest BCUT2D eigenvalue weighted by atomic mass is 19.1. The van der Waals surface area contributed by atoms with Crippen LogP contribution in [0.3, 0.4) is 0 Å². The molecule has 0 amide bonds. The van der Waals surface area contributed by atoms with Crippen LogP contribution in [0.5, 0.6) is 0 Å². The number of allylic oxidation sites excluding steroid dienone is 1. The Bertz CT molecular complexity index is 1090. The number of benzene rings is 2. The van der Waals surface area contributed by atoms with Crippen LogP contribution in [0, 0.1) is 30.4 Å². The molecular formula is C29H34F2N2. The largest absolute Gasteiger partial charge is 0.268 e. The van der Waals surface area contributed by atoms with Gasteiger partial charge in [0, 0.05) is 28.9 Å². The van der Waals surface area contributed by atoms with Crippen LogP contribution >= 0.6 is 0 Å². The number of halogens is 2. The number of rotatable bonds is 8. The molecule has 4 rings (SSSR count). The summed E-state index contributed by atoms with van der Waals surface area (Å²) in [6.45, 7) is 8.92. The minimum absolute atomic E-state index is 0.277. The monoisotopic (exact) mass is 448 g/mol. The van der Waals surface area contributed by atoms with E-state index >= 15 is 0 Å². The van der Waals surface area contributed by atoms with Gasteiger partial charge in [0.05, 0.1) is 0 Å². The molecule has 1 heterocycles. The fourth-order valence-electron chi connectivity index (χ4n) is 5.17. The first-order chi connectivity index (χ1) is 15.9. The molecule has 2 aromatic carbocycles. The standard InChI is InChI=1S/C29H34F2N2/c1-20(2)8-7-9-22-12-14-23(15-13-22)19-33-21(3)28(26-18-25(30)16-17-27(26)31)29(32-33)24-10-5-4-6-11-24/h4-6,10-11,16-18,22-23H,1,7-9,12-15,19H2,2-3H3. The SMILES string of the molecule is C=C(C)CCCC1CCC(Cn2nc(-c3ccccc3)c(-c3cc(F)ccc3F)c2C)CC1. The van der Waals surface area contributed by atoms with Crippen molar-refractivity contribution < 1.29 is 8.78 Å². The van der Waals surface area contributed by atoms with Crippen molar-refractivity contribution in [1.29, 1.82) is 0 Å². The van der Waals surface area contributed by atoms with Gasteiger partial charge in [-0.2, -0.15) is 5.10 Å². The van der Waals surface area contributed by atoms with E-state index in [4.69, 9.17) is 5.10 Å². The van der Waals surface area contributed by atoms with Gasteiger partial charge in [0.15, 0.2) is 0 Å². The number of nitrogens with zero attached hydrogens (tertiary/aromatic N) is 2. The van der Waals surface area contributed by atoms with Crippen molar-refractivity contribution in [3.63, 3.8) is 0 Å². The third-order valence-corrected chi connectivity index (χ3v) is 7.06. The first-order valence-corrected chi connectivity index (χ1v) is 12.1. The Hall–Kier alpha value is -2.75. The van der Waals surface area contributed by atoms with Crippen LogP contribution in [0.1, 0.15) is 57.6 Å². The van der Waals surface area contributed by atoms with Crippen molar-refractivity contribution in [3.8, 4) is 22.4 Å². The molecule has 0 N–H and O–H groups in total. The molecule has 0 bridgehead atoms. The fourth-order valence-corrected chi connectivity index (χ4v) is 5.17. The second kappa shape index (κ2) is 10.5. The summed E-state index contributed by atoms with van der Waals surface area (Å²) in [5, 5.41) is 4.93. The van der Waals surface area contributed by atoms with Crippen molar-refractivity contribution in [1.82, 2.24) is 9.78 Å². The lowest BCUT2D eigenvalue weighted by Gasteiger charge is -2.28. The summed E-state index contributed by atoms with van der Waals surface area (Å²) in [4.78, 5) is 0. The van der Waals surface area contributed by atoms with Crippen LogP contribution in [-0.2, 0) is 6.54 Å². The second-order valence-corrected chi connectivity index (χ2v) is 9.72. The Kier molecular flexibility index (Phi) is 7.42. The highest BCUT2D eigenvalue weighted by molar-refractivity contribution is 5.83. The molecule has 0 radical (unpaired) electrons. The molecule has 0 aliphatic heterocycles. The molecular weight excluding hydrogens is 414 g/mol. The van der Waals surface area contributed by atoms with Crippen LogP contribution in [-0.4, -0.2) is 9.78 Å². The molecule has 33 heavy (non-hydrogen) atoms. The van der Waals surface area contributed by atoms with E-state index in [2.05, 4.69) is 13.5 Å². The highest BCUT2D eigenvalue weighted by Gasteiger charge is 2.25. The third-order valence-electron chi connectivity index (χ3n) is 7.06. The smallest absolute Gasteiger partial charge is 0.131 e. The molecule has 1 aliphatic rings. The van der Waals surface area contributed by atoms with E-state index in [9.17, 15) is 8.78 Å². The number of hydrogen-bond donors (Lipinski definition) is 0. The van der Waals surface area contributed by atoms with E-state index in [0.717, 1.165) is 36.2 Å². The normalized spacial score (nSPS) is 18.4. The van der Waals surface area contributed by atoms with Gasteiger partial charge in [0.25, 0.3) is 0 Å². The van der Waals surface area contributed by atoms with Crippen LogP contribution in [0.2, 0.25) is 0 Å². The van der Waals surface area contributed by atoms with E-state index in [1.165, 1.54) is 56.2 Å². The molecule has 0 saturated heterocycles. The van der Waals surface area contributed by atoms with E-state index in [-0.39, 0.29) is 5.56 Å². The predicted molar refractivity (Wildman–Crippen MR) is 132 cm³/mol. The van der Waals surface area contributed by atoms with Crippen molar-refractivity contribution in [3.05, 3.63) is 78.0 Å². The zero-order chi connectivity index (χ0) is 23.4. The Balaban J connectivity index is 1.56. The molecule has 2 nitrogen and oxygen atoms in total. The number of aromatic nitrogens is 2. The average Bonchev–Trinajstić information content (AvgIpc) is 3.13. The summed E-state index contributed by atoms with van der Waals surface area (Å²) in [5.74, 6) is 0.514. The maximum Gasteiger partial charge on any atom is 0.131 e. The van der Waals surface area contributed by atoms with E-state index in [1.807, 2.05) is 41.9 Å². The second-order valence-electron chi connectivity index (χ2n) is 9.72. The summed E-state index contributed by atoms with van der Waals surface area (Å²) in [5.41, 5.74) is 4.76. The van der Waals surface area contributed by atoms with Gasteiger partial charge in [-0.25, -0.2) is 8.78 Å². The van der Waals surface area contributed by atoms with Crippen molar-refractivity contribution >= 4 is 0 Å². The molecule has 3 aromatic rings. The first kappa shape index (κ1) is 23.4. The summed E-state index contributed by atoms with van der Waals surface area (Å²) >= 11 is 0. The zero-order valence-corrected chi connectivity index (χ0v) is 19.8. The molecule has 0 spiro atoms. The molecule has 0 atom stereocenters. The summed E-state index contributed by atoms with van der Waals surface area (Å²) in [7, 11) is 0. The van der Waals surface area contributed by atoms with Gasteiger partial charge < -0.3 is 0 Å². The lowest BCUT2D eigenvalue weighted by Crippen LogP contribution is -2.20. The van der Waals surface area contributed by atoms with Gasteiger partial charge in [-0.3, -0.25) is 4.68 Å². The van der Waals surface area contributed by atoms with E-state index in [1.54, 1.807) is 0 Å².